The largest absolute Gasteiger partial charge is 0.544 e. The molecule has 1 aromatic carbocycles. The number of unbranched alkanes of at least 4 members (excludes halogenated alkanes) is 12. The molecule has 4 heteroatoms. The van der Waals surface area contributed by atoms with Gasteiger partial charge in [-0.3, -0.25) is 0 Å². The van der Waals surface area contributed by atoms with Crippen LogP contribution in [0, 0.1) is 0 Å². The van der Waals surface area contributed by atoms with Gasteiger partial charge < -0.3 is 18.9 Å². The molecule has 0 N–H and O–H groups in total. The van der Waals surface area contributed by atoms with Crippen LogP contribution >= 0.6 is 0 Å². The predicted molar refractivity (Wildman–Crippen MR) is 159 cm³/mol. The Bertz CT molecular complexity index is 698. The summed E-state index contributed by atoms with van der Waals surface area (Å²) in [5, 5.41) is 10.5. The number of allylic oxidation sites excluding steroid dienone is 2. The molecule has 37 heavy (non-hydrogen) atoms. The van der Waals surface area contributed by atoms with Crippen LogP contribution in [0.2, 0.25) is 0 Å². The standard InChI is InChI=1S/C19H32N.C14H27NO2/c1-4-5-6-7-8-9-10-14-17-20(2,3)18-19-15-12-11-13-16-19;1-4-5-6-7-8-9-10-11-12-15(2,3)13-14(16)17/h4,11-13,15-16H,1,5-10,14,17-18H2,2-3H3;4H,1,5-13H2,2-3H3/q+1;. The summed E-state index contributed by atoms with van der Waals surface area (Å²) in [6, 6.07) is 10.8. The molecule has 0 unspecified atom stereocenters. The van der Waals surface area contributed by atoms with Crippen molar-refractivity contribution in [3.8, 4) is 0 Å². The molecule has 0 aromatic heterocycles. The van der Waals surface area contributed by atoms with Gasteiger partial charge in [0.1, 0.15) is 13.1 Å². The van der Waals surface area contributed by atoms with Crippen LogP contribution in [0.25, 0.3) is 0 Å². The molecule has 0 fully saturated rings. The Hall–Kier alpha value is -1.91. The van der Waals surface area contributed by atoms with Gasteiger partial charge in [-0.25, -0.2) is 0 Å². The Morgan fingerprint density at radius 2 is 1.08 bits per heavy atom. The Kier molecular flexibility index (Phi) is 21.0. The van der Waals surface area contributed by atoms with Crippen LogP contribution < -0.4 is 5.11 Å². The van der Waals surface area contributed by atoms with Gasteiger partial charge in [-0.2, -0.15) is 0 Å². The maximum Gasteiger partial charge on any atom is 0.119 e. The zero-order valence-corrected chi connectivity index (χ0v) is 24.9. The van der Waals surface area contributed by atoms with Crippen LogP contribution in [0.15, 0.2) is 55.6 Å². The summed E-state index contributed by atoms with van der Waals surface area (Å²) in [4.78, 5) is 10.5. The lowest BCUT2D eigenvalue weighted by Crippen LogP contribution is -2.48. The van der Waals surface area contributed by atoms with Gasteiger partial charge in [0.05, 0.1) is 47.2 Å². The number of quaternary nitrogens is 2. The number of aliphatic carboxylic acids is 1. The second-order valence-corrected chi connectivity index (χ2v) is 11.9. The van der Waals surface area contributed by atoms with E-state index in [0.29, 0.717) is 4.48 Å². The molecule has 1 rings (SSSR count). The van der Waals surface area contributed by atoms with E-state index in [1.165, 1.54) is 89.2 Å². The molecule has 0 bridgehead atoms. The number of hydrogen-bond donors (Lipinski definition) is 0. The maximum absolute atomic E-state index is 10.5. The van der Waals surface area contributed by atoms with Gasteiger partial charge >= 0.3 is 0 Å². The van der Waals surface area contributed by atoms with E-state index in [9.17, 15) is 9.90 Å². The molecule has 0 heterocycles. The smallest absolute Gasteiger partial charge is 0.119 e. The van der Waals surface area contributed by atoms with Crippen molar-refractivity contribution in [2.75, 3.05) is 47.8 Å². The highest BCUT2D eigenvalue weighted by atomic mass is 16.4. The first kappa shape index (κ1) is 35.1. The highest BCUT2D eigenvalue weighted by molar-refractivity contribution is 5.65. The van der Waals surface area contributed by atoms with E-state index < -0.39 is 5.97 Å². The first-order valence-electron chi connectivity index (χ1n) is 14.7. The van der Waals surface area contributed by atoms with E-state index in [1.54, 1.807) is 0 Å². The number of benzene rings is 1. The Labute approximate surface area is 230 Å². The summed E-state index contributed by atoms with van der Waals surface area (Å²) < 4.78 is 1.62. The van der Waals surface area contributed by atoms with Crippen molar-refractivity contribution in [3.63, 3.8) is 0 Å². The number of carbonyl (C=O) groups excluding carboxylic acids is 1. The molecule has 4 nitrogen and oxygen atoms in total. The first-order chi connectivity index (χ1) is 17.6. The molecule has 0 aliphatic carbocycles. The number of carboxylic acid groups (broad SMARTS) is 1. The van der Waals surface area contributed by atoms with Gasteiger partial charge in [0.25, 0.3) is 0 Å². The second-order valence-electron chi connectivity index (χ2n) is 11.9. The fourth-order valence-electron chi connectivity index (χ4n) is 4.66. The number of rotatable bonds is 22. The van der Waals surface area contributed by atoms with Crippen molar-refractivity contribution in [2.45, 2.75) is 96.4 Å². The van der Waals surface area contributed by atoms with Gasteiger partial charge in [0.2, 0.25) is 0 Å². The van der Waals surface area contributed by atoms with E-state index in [0.717, 1.165) is 30.4 Å². The molecule has 0 aliphatic rings. The van der Waals surface area contributed by atoms with Crippen LogP contribution in [0.4, 0.5) is 0 Å². The third-order valence-electron chi connectivity index (χ3n) is 6.85. The predicted octanol–water partition coefficient (Wildman–Crippen LogP) is 6.91. The molecular formula is C33H59N2O2+. The second kappa shape index (κ2) is 22.1. The summed E-state index contributed by atoms with van der Waals surface area (Å²) in [5.41, 5.74) is 1.45. The van der Waals surface area contributed by atoms with Crippen molar-refractivity contribution < 1.29 is 18.9 Å². The van der Waals surface area contributed by atoms with Crippen LogP contribution in [0.5, 0.6) is 0 Å². The van der Waals surface area contributed by atoms with E-state index >= 15 is 0 Å². The normalized spacial score (nSPS) is 11.5. The number of hydrogen-bond acceptors (Lipinski definition) is 2. The Morgan fingerprint density at radius 3 is 1.51 bits per heavy atom. The molecule has 0 saturated carbocycles. The zero-order chi connectivity index (χ0) is 27.8. The topological polar surface area (TPSA) is 40.1 Å². The van der Waals surface area contributed by atoms with Crippen LogP contribution in [-0.4, -0.2) is 62.8 Å². The van der Waals surface area contributed by atoms with Crippen LogP contribution in [0.1, 0.15) is 95.5 Å². The minimum Gasteiger partial charge on any atom is -0.544 e. The molecule has 212 valence electrons. The summed E-state index contributed by atoms with van der Waals surface area (Å²) in [5.74, 6) is -0.959. The molecule has 0 amide bonds. The third kappa shape index (κ3) is 24.2. The molecule has 0 radical (unpaired) electrons. The van der Waals surface area contributed by atoms with Crippen molar-refractivity contribution >= 4 is 5.97 Å². The number of carbonyl (C=O) groups is 1. The lowest BCUT2D eigenvalue weighted by Gasteiger charge is -2.30. The number of nitrogens with zero attached hydrogens (tertiary/aromatic N) is 2. The van der Waals surface area contributed by atoms with Crippen molar-refractivity contribution in [1.29, 1.82) is 0 Å². The fraction of sp³-hybridized carbons (Fsp3) is 0.667. The fourth-order valence-corrected chi connectivity index (χ4v) is 4.66. The number of likely N-dealkylation sites (N-methyl/N-ethyl adjacent to an activating group) is 1. The van der Waals surface area contributed by atoms with E-state index in [2.05, 4.69) is 57.6 Å². The Balaban J connectivity index is 0.000000712. The summed E-state index contributed by atoms with van der Waals surface area (Å²) in [7, 11) is 8.58. The molecule has 0 atom stereocenters. The van der Waals surface area contributed by atoms with E-state index in [1.807, 2.05) is 26.2 Å². The van der Waals surface area contributed by atoms with Gasteiger partial charge in [-0.1, -0.05) is 81.0 Å². The first-order valence-corrected chi connectivity index (χ1v) is 14.7. The van der Waals surface area contributed by atoms with Crippen molar-refractivity contribution in [1.82, 2.24) is 0 Å². The zero-order valence-electron chi connectivity index (χ0n) is 24.9. The highest BCUT2D eigenvalue weighted by Crippen LogP contribution is 2.13. The van der Waals surface area contributed by atoms with E-state index in [4.69, 9.17) is 0 Å². The molecule has 0 saturated heterocycles. The summed E-state index contributed by atoms with van der Waals surface area (Å²) in [6.07, 6.45) is 21.9. The average Bonchev–Trinajstić information content (AvgIpc) is 2.82. The lowest BCUT2D eigenvalue weighted by molar-refractivity contribution is -0.903. The third-order valence-corrected chi connectivity index (χ3v) is 6.85. The van der Waals surface area contributed by atoms with Crippen LogP contribution in [0.3, 0.4) is 0 Å². The molecule has 0 aliphatic heterocycles. The van der Waals surface area contributed by atoms with Crippen LogP contribution in [-0.2, 0) is 11.3 Å². The molecule has 0 spiro atoms. The average molecular weight is 516 g/mol. The minimum absolute atomic E-state index is 0.110. The van der Waals surface area contributed by atoms with Gasteiger partial charge in [0, 0.05) is 5.56 Å². The quantitative estimate of drug-likeness (QED) is 0.0956. The number of carboxylic acids is 1. The van der Waals surface area contributed by atoms with Gasteiger partial charge in [0.15, 0.2) is 0 Å². The monoisotopic (exact) mass is 515 g/mol. The Morgan fingerprint density at radius 1 is 0.676 bits per heavy atom. The van der Waals surface area contributed by atoms with Gasteiger partial charge in [-0.05, 0) is 51.4 Å². The summed E-state index contributed by atoms with van der Waals surface area (Å²) in [6.45, 7) is 10.9. The van der Waals surface area contributed by atoms with E-state index in [-0.39, 0.29) is 6.54 Å². The minimum atomic E-state index is -0.959. The summed E-state index contributed by atoms with van der Waals surface area (Å²) >= 11 is 0. The van der Waals surface area contributed by atoms with Crippen molar-refractivity contribution in [2.24, 2.45) is 0 Å². The van der Waals surface area contributed by atoms with Crippen molar-refractivity contribution in [3.05, 3.63) is 61.2 Å². The molecular weight excluding hydrogens is 456 g/mol. The lowest BCUT2D eigenvalue weighted by atomic mass is 10.1. The maximum atomic E-state index is 10.5. The highest BCUT2D eigenvalue weighted by Gasteiger charge is 2.15. The van der Waals surface area contributed by atoms with Gasteiger partial charge in [-0.15, -0.1) is 13.2 Å². The SMILES string of the molecule is C=CCCCCCCCC[N+](C)(C)CC(=O)[O-].C=CCCCCCCCC[N+](C)(C)Cc1ccccc1. The molecule has 1 aromatic rings.